The van der Waals surface area contributed by atoms with E-state index in [0.717, 1.165) is 0 Å². The minimum Gasteiger partial charge on any atom is -0.488 e. The maximum atomic E-state index is 14.0. The molecule has 3 amide bonds. The van der Waals surface area contributed by atoms with E-state index in [2.05, 4.69) is 15.6 Å². The average molecular weight is 402 g/mol. The van der Waals surface area contributed by atoms with E-state index in [4.69, 9.17) is 9.47 Å². The number of amides is 3. The quantitative estimate of drug-likeness (QED) is 0.775. The molecular formula is C20H23FN4O4. The van der Waals surface area contributed by atoms with Crippen LogP contribution < -0.4 is 15.4 Å². The first-order valence-electron chi connectivity index (χ1n) is 9.16. The highest BCUT2D eigenvalue weighted by atomic mass is 19.1. The fourth-order valence-electron chi connectivity index (χ4n) is 3.32. The Bertz CT molecular complexity index is 865. The molecule has 1 aliphatic heterocycles. The molecule has 154 valence electrons. The van der Waals surface area contributed by atoms with Crippen LogP contribution in [0.5, 0.6) is 5.75 Å². The van der Waals surface area contributed by atoms with Crippen LogP contribution in [0.1, 0.15) is 13.3 Å². The second-order valence-electron chi connectivity index (χ2n) is 6.75. The fourth-order valence-corrected chi connectivity index (χ4v) is 3.32. The van der Waals surface area contributed by atoms with Crippen LogP contribution in [0.2, 0.25) is 0 Å². The molecule has 1 fully saturated rings. The standard InChI is InChI=1S/C20H23FN4O4/c1-13(26)25-11-19(9-17(25)12-28-2)29-18-7-14(21)6-16(8-18)24-20(27)23-15-4-3-5-22-10-15/h3-8,10,17,19H,9,11-12H2,1-2H3,(H2,23,24,27)/t17?,19-/m0/s1. The third kappa shape index (κ3) is 5.64. The normalized spacial score (nSPS) is 18.4. The number of ether oxygens (including phenoxy) is 2. The molecule has 0 bridgehead atoms. The van der Waals surface area contributed by atoms with Gasteiger partial charge in [0.15, 0.2) is 0 Å². The van der Waals surface area contributed by atoms with E-state index in [1.54, 1.807) is 30.3 Å². The lowest BCUT2D eigenvalue weighted by atomic mass is 10.2. The van der Waals surface area contributed by atoms with Crippen molar-refractivity contribution >= 4 is 23.3 Å². The van der Waals surface area contributed by atoms with Crippen LogP contribution in [0.3, 0.4) is 0 Å². The van der Waals surface area contributed by atoms with Crippen LogP contribution in [0.25, 0.3) is 0 Å². The molecule has 2 atom stereocenters. The second-order valence-corrected chi connectivity index (χ2v) is 6.75. The van der Waals surface area contributed by atoms with E-state index in [9.17, 15) is 14.0 Å². The third-order valence-corrected chi connectivity index (χ3v) is 4.49. The van der Waals surface area contributed by atoms with Gasteiger partial charge in [-0.05, 0) is 18.2 Å². The van der Waals surface area contributed by atoms with Crippen molar-refractivity contribution in [2.45, 2.75) is 25.5 Å². The number of benzene rings is 1. The molecule has 9 heteroatoms. The summed E-state index contributed by atoms with van der Waals surface area (Å²) in [5.41, 5.74) is 0.758. The zero-order chi connectivity index (χ0) is 20.8. The predicted octanol–water partition coefficient (Wildman–Crippen LogP) is 2.88. The minimum absolute atomic E-state index is 0.0631. The average Bonchev–Trinajstić information content (AvgIpc) is 3.05. The van der Waals surface area contributed by atoms with E-state index >= 15 is 0 Å². The lowest BCUT2D eigenvalue weighted by molar-refractivity contribution is -0.130. The van der Waals surface area contributed by atoms with Gasteiger partial charge in [-0.3, -0.25) is 9.78 Å². The van der Waals surface area contributed by atoms with Crippen molar-refractivity contribution < 1.29 is 23.5 Å². The maximum Gasteiger partial charge on any atom is 0.323 e. The monoisotopic (exact) mass is 402 g/mol. The van der Waals surface area contributed by atoms with Crippen LogP contribution in [-0.4, -0.2) is 54.2 Å². The fraction of sp³-hybridized carbons (Fsp3) is 0.350. The van der Waals surface area contributed by atoms with Gasteiger partial charge in [-0.1, -0.05) is 0 Å². The molecule has 0 radical (unpaired) electrons. The summed E-state index contributed by atoms with van der Waals surface area (Å²) in [6, 6.07) is 6.73. The van der Waals surface area contributed by atoms with Crippen LogP contribution in [-0.2, 0) is 9.53 Å². The van der Waals surface area contributed by atoms with Gasteiger partial charge < -0.3 is 25.0 Å². The SMILES string of the molecule is COCC1C[C@H](Oc2cc(F)cc(NC(=O)Nc3cccnc3)c2)CN1C(C)=O. The number of likely N-dealkylation sites (tertiary alicyclic amines) is 1. The number of methoxy groups -OCH3 is 1. The molecule has 0 aliphatic carbocycles. The van der Waals surface area contributed by atoms with Gasteiger partial charge in [-0.2, -0.15) is 0 Å². The van der Waals surface area contributed by atoms with Gasteiger partial charge in [-0.25, -0.2) is 9.18 Å². The van der Waals surface area contributed by atoms with Gasteiger partial charge in [0.1, 0.15) is 17.7 Å². The van der Waals surface area contributed by atoms with Crippen LogP contribution in [0, 0.1) is 5.82 Å². The smallest absolute Gasteiger partial charge is 0.323 e. The highest BCUT2D eigenvalue weighted by molar-refractivity contribution is 5.99. The summed E-state index contributed by atoms with van der Waals surface area (Å²) in [5, 5.41) is 5.18. The first-order valence-corrected chi connectivity index (χ1v) is 9.16. The molecule has 0 spiro atoms. The van der Waals surface area contributed by atoms with Gasteiger partial charge in [0.2, 0.25) is 5.91 Å². The summed E-state index contributed by atoms with van der Waals surface area (Å²) >= 11 is 0. The number of hydrogen-bond donors (Lipinski definition) is 2. The highest BCUT2D eigenvalue weighted by Crippen LogP contribution is 2.26. The van der Waals surface area contributed by atoms with Gasteiger partial charge in [0, 0.05) is 44.5 Å². The molecule has 3 rings (SSSR count). The van der Waals surface area contributed by atoms with Crippen molar-refractivity contribution in [2.24, 2.45) is 0 Å². The summed E-state index contributed by atoms with van der Waals surface area (Å²) in [6.45, 7) is 2.30. The molecule has 2 aromatic rings. The molecule has 1 aliphatic rings. The number of halogens is 1. The number of aromatic nitrogens is 1. The van der Waals surface area contributed by atoms with Gasteiger partial charge in [0.25, 0.3) is 0 Å². The van der Waals surface area contributed by atoms with Gasteiger partial charge in [0.05, 0.1) is 31.1 Å². The molecule has 1 aromatic heterocycles. The molecule has 2 N–H and O–H groups in total. The van der Waals surface area contributed by atoms with Crippen molar-refractivity contribution in [1.82, 2.24) is 9.88 Å². The zero-order valence-corrected chi connectivity index (χ0v) is 16.2. The summed E-state index contributed by atoms with van der Waals surface area (Å²) in [5.74, 6) is -0.339. The molecular weight excluding hydrogens is 379 g/mol. The number of anilines is 2. The lowest BCUT2D eigenvalue weighted by Crippen LogP contribution is -2.36. The van der Waals surface area contributed by atoms with Crippen molar-refractivity contribution in [1.29, 1.82) is 0 Å². The molecule has 0 saturated carbocycles. The Morgan fingerprint density at radius 3 is 2.76 bits per heavy atom. The van der Waals surface area contributed by atoms with Crippen LogP contribution in [0.15, 0.2) is 42.7 Å². The Labute approximate surface area is 168 Å². The molecule has 8 nitrogen and oxygen atoms in total. The zero-order valence-electron chi connectivity index (χ0n) is 16.2. The van der Waals surface area contributed by atoms with Crippen LogP contribution >= 0.6 is 0 Å². The number of rotatable bonds is 6. The summed E-state index contributed by atoms with van der Waals surface area (Å²) in [7, 11) is 1.58. The number of urea groups is 1. The topological polar surface area (TPSA) is 92.8 Å². The Balaban J connectivity index is 1.64. The number of nitrogens with zero attached hydrogens (tertiary/aromatic N) is 2. The predicted molar refractivity (Wildman–Crippen MR) is 105 cm³/mol. The summed E-state index contributed by atoms with van der Waals surface area (Å²) < 4.78 is 25.1. The van der Waals surface area contributed by atoms with Gasteiger partial charge >= 0.3 is 6.03 Å². The van der Waals surface area contributed by atoms with Crippen LogP contribution in [0.4, 0.5) is 20.6 Å². The van der Waals surface area contributed by atoms with Crippen molar-refractivity contribution in [3.8, 4) is 5.75 Å². The Morgan fingerprint density at radius 1 is 1.28 bits per heavy atom. The number of nitrogens with one attached hydrogen (secondary N) is 2. The lowest BCUT2D eigenvalue weighted by Gasteiger charge is -2.21. The Kier molecular flexibility index (Phi) is 6.61. The number of pyridine rings is 1. The first-order chi connectivity index (χ1) is 13.9. The minimum atomic E-state index is -0.547. The van der Waals surface area contributed by atoms with E-state index in [-0.39, 0.29) is 29.5 Å². The molecule has 29 heavy (non-hydrogen) atoms. The number of carbonyl (C=O) groups is 2. The maximum absolute atomic E-state index is 14.0. The van der Waals surface area contributed by atoms with Crippen molar-refractivity contribution in [3.63, 3.8) is 0 Å². The molecule has 1 unspecified atom stereocenters. The second kappa shape index (κ2) is 9.33. The molecule has 2 heterocycles. The van der Waals surface area contributed by atoms with E-state index in [0.29, 0.717) is 25.3 Å². The van der Waals surface area contributed by atoms with Gasteiger partial charge in [-0.15, -0.1) is 0 Å². The highest BCUT2D eigenvalue weighted by Gasteiger charge is 2.35. The summed E-state index contributed by atoms with van der Waals surface area (Å²) in [4.78, 5) is 29.5. The van der Waals surface area contributed by atoms with Crippen molar-refractivity contribution in [3.05, 3.63) is 48.5 Å². The molecule has 1 aromatic carbocycles. The van der Waals surface area contributed by atoms with E-state index in [1.165, 1.54) is 31.3 Å². The first kappa shape index (κ1) is 20.5. The Hall–Kier alpha value is -3.20. The Morgan fingerprint density at radius 2 is 2.07 bits per heavy atom. The number of carbonyl (C=O) groups excluding carboxylic acids is 2. The third-order valence-electron chi connectivity index (χ3n) is 4.49. The summed E-state index contributed by atoms with van der Waals surface area (Å²) in [6.07, 6.45) is 3.37. The van der Waals surface area contributed by atoms with E-state index in [1.807, 2.05) is 0 Å². The van der Waals surface area contributed by atoms with E-state index < -0.39 is 11.8 Å². The number of hydrogen-bond acceptors (Lipinski definition) is 5. The largest absolute Gasteiger partial charge is 0.488 e. The molecule has 1 saturated heterocycles. The van der Waals surface area contributed by atoms with Crippen molar-refractivity contribution in [2.75, 3.05) is 30.9 Å².